The van der Waals surface area contributed by atoms with Gasteiger partial charge in [0.05, 0.1) is 11.4 Å². The number of nitrogens with one attached hydrogen (secondary N) is 2. The lowest BCUT2D eigenvalue weighted by Crippen LogP contribution is -2.22. The van der Waals surface area contributed by atoms with Gasteiger partial charge in [-0.15, -0.1) is 4.40 Å². The molecule has 4 rings (SSSR count). The first kappa shape index (κ1) is 17.7. The predicted molar refractivity (Wildman–Crippen MR) is 103 cm³/mol. The Morgan fingerprint density at radius 3 is 2.78 bits per heavy atom. The van der Waals surface area contributed by atoms with Crippen LogP contribution in [0.5, 0.6) is 11.5 Å². The average molecular weight is 405 g/mol. The molecule has 1 amide bonds. The second kappa shape index (κ2) is 7.12. The van der Waals surface area contributed by atoms with E-state index in [1.165, 1.54) is 6.07 Å². The Hall–Kier alpha value is -2.72. The molecule has 0 spiro atoms. The van der Waals surface area contributed by atoms with E-state index in [-0.39, 0.29) is 21.7 Å². The maximum Gasteiger partial charge on any atom is 0.286 e. The van der Waals surface area contributed by atoms with E-state index >= 15 is 0 Å². The second-order valence-corrected chi connectivity index (χ2v) is 8.22. The van der Waals surface area contributed by atoms with Gasteiger partial charge in [0.25, 0.3) is 10.0 Å². The number of hydrogen-bond acceptors (Lipinski definition) is 7. The molecule has 140 valence electrons. The van der Waals surface area contributed by atoms with Crippen LogP contribution in [0.1, 0.15) is 0 Å². The zero-order chi connectivity index (χ0) is 18.9. The van der Waals surface area contributed by atoms with Crippen molar-refractivity contribution in [3.05, 3.63) is 42.5 Å². The largest absolute Gasteiger partial charge is 0.486 e. The first-order valence-electron chi connectivity index (χ1n) is 8.05. The van der Waals surface area contributed by atoms with Crippen molar-refractivity contribution in [1.29, 1.82) is 0 Å². The summed E-state index contributed by atoms with van der Waals surface area (Å²) in [7, 11) is -3.77. The number of amides is 1. The highest BCUT2D eigenvalue weighted by atomic mass is 32.2. The van der Waals surface area contributed by atoms with Crippen LogP contribution in [-0.2, 0) is 14.8 Å². The van der Waals surface area contributed by atoms with Gasteiger partial charge in [0.15, 0.2) is 16.7 Å². The molecule has 2 N–H and O–H groups in total. The summed E-state index contributed by atoms with van der Waals surface area (Å²) >= 11 is 1.01. The Morgan fingerprint density at radius 2 is 1.93 bits per heavy atom. The van der Waals surface area contributed by atoms with Crippen LogP contribution in [0.25, 0.3) is 0 Å². The number of thioether (sulfide) groups is 1. The Labute approximate surface area is 160 Å². The van der Waals surface area contributed by atoms with E-state index in [1.807, 2.05) is 0 Å². The van der Waals surface area contributed by atoms with Crippen LogP contribution in [0.2, 0.25) is 0 Å². The van der Waals surface area contributed by atoms with Crippen molar-refractivity contribution >= 4 is 44.2 Å². The monoisotopic (exact) mass is 405 g/mol. The van der Waals surface area contributed by atoms with Crippen LogP contribution >= 0.6 is 11.8 Å². The molecule has 0 saturated heterocycles. The number of para-hydroxylation sites is 1. The number of hydrogen-bond donors (Lipinski definition) is 2. The molecule has 0 unspecified atom stereocenters. The highest BCUT2D eigenvalue weighted by Crippen LogP contribution is 2.33. The molecule has 0 aliphatic carbocycles. The number of nitrogens with zero attached hydrogens (tertiary/aromatic N) is 1. The molecule has 10 heteroatoms. The number of carbonyl (C=O) groups excluding carboxylic acids is 1. The van der Waals surface area contributed by atoms with E-state index in [4.69, 9.17) is 9.47 Å². The fourth-order valence-corrected chi connectivity index (χ4v) is 4.64. The van der Waals surface area contributed by atoms with Crippen molar-refractivity contribution in [2.24, 2.45) is 4.40 Å². The Morgan fingerprint density at radius 1 is 1.15 bits per heavy atom. The van der Waals surface area contributed by atoms with Crippen LogP contribution in [0.3, 0.4) is 0 Å². The van der Waals surface area contributed by atoms with Gasteiger partial charge >= 0.3 is 0 Å². The number of anilines is 2. The number of sulfonamides is 1. The topological polar surface area (TPSA) is 106 Å². The van der Waals surface area contributed by atoms with Crippen molar-refractivity contribution in [3.8, 4) is 11.5 Å². The molecule has 8 nitrogen and oxygen atoms in total. The third-order valence-electron chi connectivity index (χ3n) is 3.78. The number of carbonyl (C=O) groups is 1. The van der Waals surface area contributed by atoms with Gasteiger partial charge in [-0.2, -0.15) is 8.42 Å². The molecule has 0 atom stereocenters. The molecule has 0 fully saturated rings. The van der Waals surface area contributed by atoms with Gasteiger partial charge in [-0.1, -0.05) is 23.9 Å². The van der Waals surface area contributed by atoms with E-state index in [1.54, 1.807) is 36.4 Å². The molecule has 0 aromatic heterocycles. The molecule has 0 saturated carbocycles. The fraction of sp³-hybridized carbons (Fsp3) is 0.176. The summed E-state index contributed by atoms with van der Waals surface area (Å²) in [4.78, 5) is 12.3. The summed E-state index contributed by atoms with van der Waals surface area (Å²) in [6.45, 7) is 0.957. The van der Waals surface area contributed by atoms with Gasteiger partial charge < -0.3 is 20.1 Å². The van der Waals surface area contributed by atoms with E-state index in [2.05, 4.69) is 15.0 Å². The lowest BCUT2D eigenvalue weighted by atomic mass is 10.2. The molecule has 0 bridgehead atoms. The summed E-state index contributed by atoms with van der Waals surface area (Å²) in [5.74, 6) is 0.918. The quantitative estimate of drug-likeness (QED) is 0.807. The Balaban J connectivity index is 1.39. The smallest absolute Gasteiger partial charge is 0.286 e. The molecule has 0 radical (unpaired) electrons. The molecular weight excluding hydrogens is 390 g/mol. The molecule has 2 heterocycles. The van der Waals surface area contributed by atoms with Crippen molar-refractivity contribution in [1.82, 2.24) is 0 Å². The number of amidine groups is 1. The SMILES string of the molecule is O=C(CSC1=NS(=O)(=O)c2ccccc2N1)Nc1ccc2c(c1)OCCO2. The minimum atomic E-state index is -3.77. The zero-order valence-corrected chi connectivity index (χ0v) is 15.6. The van der Waals surface area contributed by atoms with Crippen LogP contribution in [-0.4, -0.2) is 38.5 Å². The predicted octanol–water partition coefficient (Wildman–Crippen LogP) is 2.30. The third-order valence-corrected chi connectivity index (χ3v) is 6.10. The fourth-order valence-electron chi connectivity index (χ4n) is 2.61. The summed E-state index contributed by atoms with van der Waals surface area (Å²) < 4.78 is 39.0. The van der Waals surface area contributed by atoms with Gasteiger partial charge in [-0.3, -0.25) is 4.79 Å². The number of ether oxygens (including phenoxy) is 2. The van der Waals surface area contributed by atoms with Gasteiger partial charge in [-0.25, -0.2) is 0 Å². The van der Waals surface area contributed by atoms with Crippen LogP contribution < -0.4 is 20.1 Å². The molecule has 2 aromatic carbocycles. The average Bonchev–Trinajstić information content (AvgIpc) is 2.66. The molecule has 2 aliphatic rings. The zero-order valence-electron chi connectivity index (χ0n) is 14.0. The molecule has 27 heavy (non-hydrogen) atoms. The van der Waals surface area contributed by atoms with E-state index in [0.717, 1.165) is 11.8 Å². The van der Waals surface area contributed by atoms with Crippen LogP contribution in [0.15, 0.2) is 51.8 Å². The minimum absolute atomic E-state index is 0.00202. The standard InChI is InChI=1S/C17H15N3O5S2/c21-16(18-11-5-6-13-14(9-11)25-8-7-24-13)10-26-17-19-12-3-1-2-4-15(12)27(22,23)20-17/h1-6,9H,7-8,10H2,(H,18,21)(H,19,20). The molecular formula is C17H15N3O5S2. The van der Waals surface area contributed by atoms with Crippen LogP contribution in [0.4, 0.5) is 11.4 Å². The van der Waals surface area contributed by atoms with Crippen molar-refractivity contribution < 1.29 is 22.7 Å². The van der Waals surface area contributed by atoms with Gasteiger partial charge in [0.2, 0.25) is 5.91 Å². The highest BCUT2D eigenvalue weighted by molar-refractivity contribution is 8.15. The molecule has 2 aromatic rings. The first-order valence-corrected chi connectivity index (χ1v) is 10.5. The third kappa shape index (κ3) is 3.86. The molecule has 2 aliphatic heterocycles. The maximum atomic E-state index is 12.2. The van der Waals surface area contributed by atoms with Gasteiger partial charge in [0, 0.05) is 11.8 Å². The normalized spacial score (nSPS) is 16.5. The number of rotatable bonds is 3. The van der Waals surface area contributed by atoms with Gasteiger partial charge in [0.1, 0.15) is 18.1 Å². The van der Waals surface area contributed by atoms with Crippen molar-refractivity contribution in [2.45, 2.75) is 4.90 Å². The second-order valence-electron chi connectivity index (χ2n) is 5.69. The lowest BCUT2D eigenvalue weighted by molar-refractivity contribution is -0.113. The number of fused-ring (bicyclic) bond motifs is 2. The lowest BCUT2D eigenvalue weighted by Gasteiger charge is -2.19. The first-order chi connectivity index (χ1) is 13.0. The highest BCUT2D eigenvalue weighted by Gasteiger charge is 2.25. The summed E-state index contributed by atoms with van der Waals surface area (Å²) in [6.07, 6.45) is 0. The van der Waals surface area contributed by atoms with Gasteiger partial charge in [-0.05, 0) is 24.3 Å². The Kier molecular flexibility index (Phi) is 4.66. The number of benzene rings is 2. The summed E-state index contributed by atoms with van der Waals surface area (Å²) in [5.41, 5.74) is 1.02. The van der Waals surface area contributed by atoms with E-state index in [9.17, 15) is 13.2 Å². The van der Waals surface area contributed by atoms with Crippen LogP contribution in [0, 0.1) is 0 Å². The Bertz CT molecular complexity index is 1040. The maximum absolute atomic E-state index is 12.2. The van der Waals surface area contributed by atoms with E-state index < -0.39 is 10.0 Å². The summed E-state index contributed by atoms with van der Waals surface area (Å²) in [5, 5.41) is 5.83. The minimum Gasteiger partial charge on any atom is -0.486 e. The summed E-state index contributed by atoms with van der Waals surface area (Å²) in [6, 6.07) is 11.6. The van der Waals surface area contributed by atoms with Crippen molar-refractivity contribution in [2.75, 3.05) is 29.6 Å². The van der Waals surface area contributed by atoms with Crippen molar-refractivity contribution in [3.63, 3.8) is 0 Å². The van der Waals surface area contributed by atoms with E-state index in [0.29, 0.717) is 36.1 Å².